The van der Waals surface area contributed by atoms with E-state index in [0.29, 0.717) is 23.9 Å². The zero-order chi connectivity index (χ0) is 33.7. The van der Waals surface area contributed by atoms with Crippen LogP contribution >= 0.6 is 7.82 Å². The number of phosphoric acid groups is 1. The first-order chi connectivity index (χ1) is 21.5. The summed E-state index contributed by atoms with van der Waals surface area (Å²) in [6, 6.07) is -0.762. The van der Waals surface area contributed by atoms with Gasteiger partial charge < -0.3 is 19.8 Å². The maximum atomic E-state index is 12.8. The topological polar surface area (TPSA) is 105 Å². The lowest BCUT2D eigenvalue weighted by atomic mass is 10.0. The Morgan fingerprint density at radius 2 is 1.31 bits per heavy atom. The molecule has 0 aliphatic heterocycles. The van der Waals surface area contributed by atoms with E-state index in [2.05, 4.69) is 43.5 Å². The number of likely N-dealkylation sites (N-methyl/N-ethyl adjacent to an activating group) is 1. The van der Waals surface area contributed by atoms with E-state index in [1.165, 1.54) is 51.4 Å². The number of nitrogens with zero attached hydrogens (tertiary/aromatic N) is 1. The Morgan fingerprint density at radius 3 is 1.91 bits per heavy atom. The van der Waals surface area contributed by atoms with Gasteiger partial charge in [0.05, 0.1) is 39.9 Å². The molecule has 0 aromatic heterocycles. The van der Waals surface area contributed by atoms with Gasteiger partial charge in [-0.3, -0.25) is 13.8 Å². The molecular formula is C36H72N2O6P+. The predicted octanol–water partition coefficient (Wildman–Crippen LogP) is 9.02. The number of carbonyl (C=O) groups excluding carboxylic acids is 1. The summed E-state index contributed by atoms with van der Waals surface area (Å²) in [6.07, 6.45) is 30.5. The molecule has 0 aliphatic carbocycles. The van der Waals surface area contributed by atoms with Gasteiger partial charge in [-0.05, 0) is 38.5 Å². The summed E-state index contributed by atoms with van der Waals surface area (Å²) in [4.78, 5) is 22.9. The van der Waals surface area contributed by atoms with Crippen molar-refractivity contribution >= 4 is 13.7 Å². The molecule has 0 heterocycles. The van der Waals surface area contributed by atoms with Crippen molar-refractivity contribution < 1.29 is 32.9 Å². The third kappa shape index (κ3) is 31.4. The van der Waals surface area contributed by atoms with Crippen LogP contribution in [0.25, 0.3) is 0 Å². The maximum absolute atomic E-state index is 12.8. The molecule has 0 saturated heterocycles. The molecule has 8 nitrogen and oxygen atoms in total. The molecule has 0 rings (SSSR count). The highest BCUT2D eigenvalue weighted by Crippen LogP contribution is 2.43. The first-order valence-electron chi connectivity index (χ1n) is 18.2. The molecule has 0 aliphatic rings. The summed E-state index contributed by atoms with van der Waals surface area (Å²) in [5.41, 5.74) is 0. The largest absolute Gasteiger partial charge is 0.472 e. The summed E-state index contributed by atoms with van der Waals surface area (Å²) in [7, 11) is 1.60. The molecule has 0 spiro atoms. The van der Waals surface area contributed by atoms with E-state index in [1.807, 2.05) is 21.1 Å². The minimum absolute atomic E-state index is 0.0716. The number of amides is 1. The minimum atomic E-state index is -4.30. The van der Waals surface area contributed by atoms with E-state index in [-0.39, 0.29) is 19.1 Å². The van der Waals surface area contributed by atoms with Crippen LogP contribution in [0.4, 0.5) is 0 Å². The fraction of sp³-hybridized carbons (Fsp3) is 0.861. The van der Waals surface area contributed by atoms with Crippen LogP contribution in [0.2, 0.25) is 0 Å². The fourth-order valence-corrected chi connectivity index (χ4v) is 5.70. The number of nitrogens with one attached hydrogen (secondary N) is 1. The number of aliphatic hydroxyl groups is 1. The van der Waals surface area contributed by atoms with Crippen molar-refractivity contribution in [2.75, 3.05) is 40.9 Å². The average molecular weight is 660 g/mol. The van der Waals surface area contributed by atoms with Crippen LogP contribution in [0.1, 0.15) is 149 Å². The molecule has 3 N–H and O–H groups in total. The van der Waals surface area contributed by atoms with Gasteiger partial charge in [-0.25, -0.2) is 4.57 Å². The SMILES string of the molecule is CCC/C=C\C/C=C\CCCCCCCC(=O)NC(COP(=O)(O)OCC[N+](C)(C)C)C(O)CCCCCCCCCCCC. The number of quaternary nitrogens is 1. The van der Waals surface area contributed by atoms with Gasteiger partial charge in [0.25, 0.3) is 0 Å². The lowest BCUT2D eigenvalue weighted by molar-refractivity contribution is -0.870. The molecule has 0 fully saturated rings. The number of hydrogen-bond acceptors (Lipinski definition) is 5. The zero-order valence-corrected chi connectivity index (χ0v) is 30.8. The van der Waals surface area contributed by atoms with Crippen LogP contribution in [0.5, 0.6) is 0 Å². The van der Waals surface area contributed by atoms with E-state index in [4.69, 9.17) is 9.05 Å². The molecule has 0 aromatic carbocycles. The highest BCUT2D eigenvalue weighted by Gasteiger charge is 2.28. The van der Waals surface area contributed by atoms with E-state index < -0.39 is 20.0 Å². The highest BCUT2D eigenvalue weighted by molar-refractivity contribution is 7.47. The lowest BCUT2D eigenvalue weighted by Crippen LogP contribution is -2.46. The molecule has 266 valence electrons. The van der Waals surface area contributed by atoms with Crippen molar-refractivity contribution in [3.63, 3.8) is 0 Å². The minimum Gasteiger partial charge on any atom is -0.391 e. The van der Waals surface area contributed by atoms with E-state index in [0.717, 1.165) is 70.6 Å². The summed E-state index contributed by atoms with van der Waals surface area (Å²) in [5.74, 6) is -0.163. The molecule has 0 bridgehead atoms. The third-order valence-corrected chi connectivity index (χ3v) is 8.92. The molecular weight excluding hydrogens is 587 g/mol. The second-order valence-electron chi connectivity index (χ2n) is 13.6. The molecule has 0 aromatic rings. The molecule has 45 heavy (non-hydrogen) atoms. The van der Waals surface area contributed by atoms with Gasteiger partial charge in [-0.15, -0.1) is 0 Å². The van der Waals surface area contributed by atoms with Gasteiger partial charge in [0.2, 0.25) is 5.91 Å². The Hall–Kier alpha value is -1.02. The summed E-state index contributed by atoms with van der Waals surface area (Å²) < 4.78 is 23.4. The van der Waals surface area contributed by atoms with Crippen LogP contribution in [0.15, 0.2) is 24.3 Å². The number of carbonyl (C=O) groups is 1. The van der Waals surface area contributed by atoms with Crippen molar-refractivity contribution in [3.05, 3.63) is 24.3 Å². The van der Waals surface area contributed by atoms with Gasteiger partial charge in [-0.1, -0.05) is 128 Å². The van der Waals surface area contributed by atoms with E-state index >= 15 is 0 Å². The van der Waals surface area contributed by atoms with Crippen molar-refractivity contribution in [2.24, 2.45) is 0 Å². The molecule has 3 unspecified atom stereocenters. The van der Waals surface area contributed by atoms with Crippen molar-refractivity contribution in [3.8, 4) is 0 Å². The summed E-state index contributed by atoms with van der Waals surface area (Å²) >= 11 is 0. The summed E-state index contributed by atoms with van der Waals surface area (Å²) in [5, 5.41) is 13.8. The predicted molar refractivity (Wildman–Crippen MR) is 189 cm³/mol. The molecule has 1 amide bonds. The molecule has 0 radical (unpaired) electrons. The Kier molecular flexibility index (Phi) is 28.5. The smallest absolute Gasteiger partial charge is 0.391 e. The number of rotatable bonds is 32. The standard InChI is InChI=1S/C36H71N2O6P/c1-6-8-10-12-14-16-18-19-20-22-24-26-28-30-36(40)37-34(33-44-45(41,42)43-32-31-38(3,4)5)35(39)29-27-25-23-21-17-15-13-11-9-7-2/h10,12,16,18,34-35,39H,6-9,11,13-15,17,19-33H2,1-5H3,(H-,37,40,41,42)/p+1/b12-10-,18-16-. The fourth-order valence-electron chi connectivity index (χ4n) is 4.96. The third-order valence-electron chi connectivity index (χ3n) is 7.93. The van der Waals surface area contributed by atoms with Gasteiger partial charge >= 0.3 is 7.82 Å². The Morgan fingerprint density at radius 1 is 0.756 bits per heavy atom. The Balaban J connectivity index is 4.52. The second-order valence-corrected chi connectivity index (χ2v) is 15.1. The van der Waals surface area contributed by atoms with E-state index in [9.17, 15) is 19.4 Å². The Labute approximate surface area is 277 Å². The second kappa shape index (κ2) is 29.1. The highest BCUT2D eigenvalue weighted by atomic mass is 31.2. The van der Waals surface area contributed by atoms with E-state index in [1.54, 1.807) is 0 Å². The van der Waals surface area contributed by atoms with Crippen LogP contribution in [-0.4, -0.2) is 73.4 Å². The van der Waals surface area contributed by atoms with Crippen LogP contribution in [0.3, 0.4) is 0 Å². The van der Waals surface area contributed by atoms with Crippen LogP contribution in [-0.2, 0) is 18.4 Å². The van der Waals surface area contributed by atoms with Gasteiger partial charge in [0.15, 0.2) is 0 Å². The van der Waals surface area contributed by atoms with Crippen LogP contribution in [0, 0.1) is 0 Å². The van der Waals surface area contributed by atoms with Crippen molar-refractivity contribution in [1.82, 2.24) is 5.32 Å². The molecule has 3 atom stereocenters. The first kappa shape index (κ1) is 44.0. The van der Waals surface area contributed by atoms with Crippen LogP contribution < -0.4 is 5.32 Å². The summed E-state index contributed by atoms with van der Waals surface area (Å²) in [6.45, 7) is 4.76. The first-order valence-corrected chi connectivity index (χ1v) is 19.7. The number of aliphatic hydroxyl groups excluding tert-OH is 1. The zero-order valence-electron chi connectivity index (χ0n) is 29.9. The number of allylic oxidation sites excluding steroid dienone is 4. The van der Waals surface area contributed by atoms with Gasteiger partial charge in [-0.2, -0.15) is 0 Å². The number of phosphoric ester groups is 1. The maximum Gasteiger partial charge on any atom is 0.472 e. The monoisotopic (exact) mass is 660 g/mol. The van der Waals surface area contributed by atoms with Crippen molar-refractivity contribution in [2.45, 2.75) is 161 Å². The average Bonchev–Trinajstić information content (AvgIpc) is 2.97. The number of hydrogen-bond donors (Lipinski definition) is 3. The van der Waals surface area contributed by atoms with Crippen molar-refractivity contribution in [1.29, 1.82) is 0 Å². The molecule has 0 saturated carbocycles. The number of unbranched alkanes of at least 4 members (excludes halogenated alkanes) is 15. The quantitative estimate of drug-likeness (QED) is 0.0288. The van der Waals surface area contributed by atoms with Gasteiger partial charge in [0.1, 0.15) is 13.2 Å². The van der Waals surface area contributed by atoms with Gasteiger partial charge in [0, 0.05) is 6.42 Å². The Bertz CT molecular complexity index is 799. The molecule has 9 heteroatoms. The normalized spacial score (nSPS) is 15.1. The lowest BCUT2D eigenvalue weighted by Gasteiger charge is -2.26.